The number of rotatable bonds is 6. The Morgan fingerprint density at radius 3 is 2.40 bits per heavy atom. The summed E-state index contributed by atoms with van der Waals surface area (Å²) in [4.78, 5) is 6.24. The van der Waals surface area contributed by atoms with Gasteiger partial charge in [0.2, 0.25) is 0 Å². The fourth-order valence-corrected chi connectivity index (χ4v) is 4.36. The average Bonchev–Trinajstić information content (AvgIpc) is 2.68. The van der Waals surface area contributed by atoms with Gasteiger partial charge >= 0.3 is 15.5 Å². The number of hydrogen-bond donors (Lipinski definition) is 2. The van der Waals surface area contributed by atoms with Gasteiger partial charge < -0.3 is 15.5 Å². The predicted octanol–water partition coefficient (Wildman–Crippen LogP) is 2.29. The van der Waals surface area contributed by atoms with E-state index >= 15 is 0 Å². The van der Waals surface area contributed by atoms with Crippen LogP contribution in [0.1, 0.15) is 24.0 Å². The maximum atomic E-state index is 12.7. The van der Waals surface area contributed by atoms with E-state index in [1.165, 1.54) is 5.56 Å². The van der Waals surface area contributed by atoms with Crippen molar-refractivity contribution in [1.29, 1.82) is 0 Å². The van der Waals surface area contributed by atoms with E-state index in [1.54, 1.807) is 7.05 Å². The highest BCUT2D eigenvalue weighted by molar-refractivity contribution is 7.90. The van der Waals surface area contributed by atoms with Crippen LogP contribution in [0.4, 0.5) is 18.9 Å². The lowest BCUT2D eigenvalue weighted by Crippen LogP contribution is -2.47. The van der Waals surface area contributed by atoms with Crippen LogP contribution in [0.3, 0.4) is 0 Å². The highest BCUT2D eigenvalue weighted by Gasteiger charge is 2.50. The Morgan fingerprint density at radius 2 is 1.87 bits per heavy atom. The van der Waals surface area contributed by atoms with Crippen LogP contribution in [0.2, 0.25) is 0 Å². The molecule has 7 nitrogen and oxygen atoms in total. The fraction of sp³-hybridized carbons (Fsp3) is 0.632. The summed E-state index contributed by atoms with van der Waals surface area (Å²) in [5.41, 5.74) is -1.86. The van der Waals surface area contributed by atoms with Gasteiger partial charge in [-0.15, -0.1) is 0 Å². The summed E-state index contributed by atoms with van der Waals surface area (Å²) >= 11 is 0. The number of halogens is 3. The Bertz CT molecular complexity index is 848. The molecule has 1 aromatic carbocycles. The molecule has 0 saturated carbocycles. The SMILES string of the molecule is CN=C(NCc1ccc(C)cc1N(C)C)NCC1CCN(S(=O)(=O)C(F)(F)F)CC1. The van der Waals surface area contributed by atoms with Crippen molar-refractivity contribution < 1.29 is 21.6 Å². The Kier molecular flexibility index (Phi) is 7.98. The number of guanidine groups is 1. The van der Waals surface area contributed by atoms with Crippen LogP contribution < -0.4 is 15.5 Å². The van der Waals surface area contributed by atoms with E-state index in [-0.39, 0.29) is 19.0 Å². The molecule has 1 aliphatic heterocycles. The molecule has 1 heterocycles. The highest BCUT2D eigenvalue weighted by Crippen LogP contribution is 2.30. The molecule has 0 amide bonds. The first-order valence-corrected chi connectivity index (χ1v) is 11.2. The van der Waals surface area contributed by atoms with Crippen molar-refractivity contribution in [2.24, 2.45) is 10.9 Å². The smallest absolute Gasteiger partial charge is 0.377 e. The topological polar surface area (TPSA) is 77.0 Å². The van der Waals surface area contributed by atoms with Crippen molar-refractivity contribution in [2.45, 2.75) is 31.8 Å². The zero-order valence-electron chi connectivity index (χ0n) is 17.8. The van der Waals surface area contributed by atoms with E-state index in [0.717, 1.165) is 11.3 Å². The zero-order valence-corrected chi connectivity index (χ0v) is 18.6. The lowest BCUT2D eigenvalue weighted by atomic mass is 9.98. The number of anilines is 1. The number of nitrogens with one attached hydrogen (secondary N) is 2. The summed E-state index contributed by atoms with van der Waals surface area (Å²) in [6.45, 7) is 2.85. The van der Waals surface area contributed by atoms with E-state index in [4.69, 9.17) is 0 Å². The fourth-order valence-electron chi connectivity index (χ4n) is 3.38. The molecule has 170 valence electrons. The van der Waals surface area contributed by atoms with E-state index < -0.39 is 15.5 Å². The number of alkyl halides is 3. The number of hydrogen-bond acceptors (Lipinski definition) is 4. The van der Waals surface area contributed by atoms with Crippen LogP contribution in [0.25, 0.3) is 0 Å². The lowest BCUT2D eigenvalue weighted by molar-refractivity contribution is -0.0496. The van der Waals surface area contributed by atoms with Crippen LogP contribution in [0.5, 0.6) is 0 Å². The van der Waals surface area contributed by atoms with Gasteiger partial charge in [0.1, 0.15) is 0 Å². The number of aliphatic imine (C=N–C) groups is 1. The second-order valence-corrected chi connectivity index (χ2v) is 9.56. The van der Waals surface area contributed by atoms with Gasteiger partial charge in [-0.1, -0.05) is 12.1 Å². The maximum Gasteiger partial charge on any atom is 0.511 e. The number of sulfonamides is 1. The van der Waals surface area contributed by atoms with Crippen molar-refractivity contribution in [3.05, 3.63) is 29.3 Å². The van der Waals surface area contributed by atoms with E-state index in [2.05, 4.69) is 27.8 Å². The molecule has 30 heavy (non-hydrogen) atoms. The zero-order chi connectivity index (χ0) is 22.5. The second kappa shape index (κ2) is 9.86. The molecular formula is C19H30F3N5O2S. The first-order valence-electron chi connectivity index (χ1n) is 9.73. The molecule has 0 aliphatic carbocycles. The van der Waals surface area contributed by atoms with Crippen molar-refractivity contribution in [1.82, 2.24) is 14.9 Å². The molecule has 1 saturated heterocycles. The van der Waals surface area contributed by atoms with Gasteiger partial charge in [-0.3, -0.25) is 4.99 Å². The van der Waals surface area contributed by atoms with E-state index in [9.17, 15) is 21.6 Å². The minimum atomic E-state index is -5.24. The molecule has 1 aliphatic rings. The Balaban J connectivity index is 1.85. The monoisotopic (exact) mass is 449 g/mol. The molecule has 0 radical (unpaired) electrons. The minimum absolute atomic E-state index is 0.0694. The quantitative estimate of drug-likeness (QED) is 0.515. The molecule has 11 heteroatoms. The standard InChI is InChI=1S/C19H30F3N5O2S/c1-14-5-6-16(17(11-14)26(3)4)13-25-18(23-2)24-12-15-7-9-27(10-8-15)30(28,29)19(20,21)22/h5-6,11,15H,7-10,12-13H2,1-4H3,(H2,23,24,25). The number of aryl methyl sites for hydroxylation is 1. The van der Waals surface area contributed by atoms with Gasteiger partial charge in [-0.25, -0.2) is 8.42 Å². The third kappa shape index (κ3) is 6.00. The number of benzene rings is 1. The van der Waals surface area contributed by atoms with E-state index in [0.29, 0.717) is 36.2 Å². The molecule has 2 rings (SSSR count). The summed E-state index contributed by atoms with van der Waals surface area (Å²) in [5, 5.41) is 6.44. The van der Waals surface area contributed by atoms with Crippen molar-refractivity contribution >= 4 is 21.7 Å². The van der Waals surface area contributed by atoms with Crippen LogP contribution in [0.15, 0.2) is 23.2 Å². The molecule has 0 aromatic heterocycles. The predicted molar refractivity (Wildman–Crippen MR) is 113 cm³/mol. The molecule has 1 fully saturated rings. The Morgan fingerprint density at radius 1 is 1.23 bits per heavy atom. The summed E-state index contributed by atoms with van der Waals surface area (Å²) in [7, 11) is 0.375. The van der Waals surface area contributed by atoms with Crippen molar-refractivity contribution in [3.63, 3.8) is 0 Å². The van der Waals surface area contributed by atoms with Gasteiger partial charge in [0.15, 0.2) is 5.96 Å². The van der Waals surface area contributed by atoms with Gasteiger partial charge in [0, 0.05) is 53.0 Å². The van der Waals surface area contributed by atoms with Gasteiger partial charge in [-0.05, 0) is 42.9 Å². The van der Waals surface area contributed by atoms with Crippen LogP contribution in [0, 0.1) is 12.8 Å². The van der Waals surface area contributed by atoms with Gasteiger partial charge in [0.25, 0.3) is 0 Å². The first-order chi connectivity index (χ1) is 14.0. The summed E-state index contributed by atoms with van der Waals surface area (Å²) in [6, 6.07) is 6.21. The van der Waals surface area contributed by atoms with Crippen LogP contribution in [-0.2, 0) is 16.6 Å². The minimum Gasteiger partial charge on any atom is -0.377 e. The number of piperidine rings is 1. The summed E-state index contributed by atoms with van der Waals surface area (Å²) < 4.78 is 61.5. The highest BCUT2D eigenvalue weighted by atomic mass is 32.2. The van der Waals surface area contributed by atoms with Gasteiger partial charge in [0.05, 0.1) is 0 Å². The molecule has 1 aromatic rings. The number of nitrogens with zero attached hydrogens (tertiary/aromatic N) is 3. The molecule has 0 bridgehead atoms. The lowest BCUT2D eigenvalue weighted by Gasteiger charge is -2.31. The third-order valence-corrected chi connectivity index (χ3v) is 6.79. The second-order valence-electron chi connectivity index (χ2n) is 7.63. The molecule has 0 unspecified atom stereocenters. The molecule has 0 spiro atoms. The maximum absolute atomic E-state index is 12.7. The van der Waals surface area contributed by atoms with Crippen LogP contribution in [-0.4, -0.2) is 65.0 Å². The Hall–Kier alpha value is -2.01. The summed E-state index contributed by atoms with van der Waals surface area (Å²) in [6.07, 6.45) is 0.726. The average molecular weight is 450 g/mol. The van der Waals surface area contributed by atoms with Gasteiger partial charge in [-0.2, -0.15) is 17.5 Å². The normalized spacial score (nSPS) is 17.1. The van der Waals surface area contributed by atoms with E-state index in [1.807, 2.05) is 32.0 Å². The first kappa shape index (κ1) is 24.3. The largest absolute Gasteiger partial charge is 0.511 e. The molecule has 0 atom stereocenters. The molecular weight excluding hydrogens is 419 g/mol. The third-order valence-electron chi connectivity index (χ3n) is 5.16. The summed E-state index contributed by atoms with van der Waals surface area (Å²) in [5.74, 6) is 0.658. The van der Waals surface area contributed by atoms with Crippen molar-refractivity contribution in [3.8, 4) is 0 Å². The van der Waals surface area contributed by atoms with Crippen molar-refractivity contribution in [2.75, 3.05) is 45.7 Å². The molecule has 2 N–H and O–H groups in total. The Labute approximate surface area is 176 Å². The van der Waals surface area contributed by atoms with Crippen LogP contribution >= 0.6 is 0 Å².